The van der Waals surface area contributed by atoms with E-state index < -0.39 is 0 Å². The summed E-state index contributed by atoms with van der Waals surface area (Å²) >= 11 is 5.64. The van der Waals surface area contributed by atoms with Crippen molar-refractivity contribution in [2.24, 2.45) is 0 Å². The highest BCUT2D eigenvalue weighted by Gasteiger charge is 2.18. The maximum atomic E-state index is 12.0. The lowest BCUT2D eigenvalue weighted by Crippen LogP contribution is -2.14. The highest BCUT2D eigenvalue weighted by molar-refractivity contribution is 6.29. The van der Waals surface area contributed by atoms with E-state index in [-0.39, 0.29) is 23.0 Å². The number of ether oxygens (including phenoxy) is 2. The third-order valence-corrected chi connectivity index (χ3v) is 3.10. The van der Waals surface area contributed by atoms with Gasteiger partial charge >= 0.3 is 0 Å². The molecule has 0 atom stereocenters. The number of carbonyl (C=O) groups is 1. The van der Waals surface area contributed by atoms with E-state index in [2.05, 4.69) is 15.5 Å². The summed E-state index contributed by atoms with van der Waals surface area (Å²) in [7, 11) is 0. The molecule has 1 N–H and O–H groups in total. The molecule has 7 heteroatoms. The predicted molar refractivity (Wildman–Crippen MR) is 76.1 cm³/mol. The molecular weight excluding hydrogens is 294 g/mol. The summed E-state index contributed by atoms with van der Waals surface area (Å²) in [6.07, 6.45) is -0.378. The Balaban J connectivity index is 1.73. The number of nitrogens with zero attached hydrogens (tertiary/aromatic N) is 2. The van der Waals surface area contributed by atoms with Crippen molar-refractivity contribution in [2.75, 3.05) is 18.5 Å². The number of amides is 1. The lowest BCUT2D eigenvalue weighted by molar-refractivity contribution is -0.0440. The fourth-order valence-corrected chi connectivity index (χ4v) is 2.05. The predicted octanol–water partition coefficient (Wildman–Crippen LogP) is 2.43. The number of benzene rings is 1. The molecule has 1 fully saturated rings. The van der Waals surface area contributed by atoms with Gasteiger partial charge in [0.15, 0.2) is 17.1 Å². The van der Waals surface area contributed by atoms with E-state index >= 15 is 0 Å². The van der Waals surface area contributed by atoms with Crippen LogP contribution < -0.4 is 5.32 Å². The summed E-state index contributed by atoms with van der Waals surface area (Å²) in [5.74, 6) is -0.357. The number of rotatable bonds is 3. The molecule has 1 aliphatic rings. The molecule has 3 rings (SSSR count). The minimum absolute atomic E-state index is 0.193. The van der Waals surface area contributed by atoms with Crippen molar-refractivity contribution in [2.45, 2.75) is 6.29 Å². The molecule has 108 valence electrons. The number of hydrogen-bond acceptors (Lipinski definition) is 5. The van der Waals surface area contributed by atoms with Gasteiger partial charge in [-0.3, -0.25) is 4.79 Å². The van der Waals surface area contributed by atoms with Crippen LogP contribution >= 0.6 is 11.6 Å². The number of nitrogens with one attached hydrogen (secondary N) is 1. The maximum absolute atomic E-state index is 12.0. The largest absolute Gasteiger partial charge is 0.346 e. The van der Waals surface area contributed by atoms with Gasteiger partial charge in [0.1, 0.15) is 0 Å². The molecule has 1 amide bonds. The van der Waals surface area contributed by atoms with Crippen molar-refractivity contribution in [3.63, 3.8) is 0 Å². The average Bonchev–Trinajstić information content (AvgIpc) is 3.02. The minimum Gasteiger partial charge on any atom is -0.346 e. The van der Waals surface area contributed by atoms with Crippen molar-refractivity contribution in [1.29, 1.82) is 0 Å². The first kappa shape index (κ1) is 13.9. The zero-order chi connectivity index (χ0) is 14.7. The van der Waals surface area contributed by atoms with E-state index in [1.807, 2.05) is 12.1 Å². The quantitative estimate of drug-likeness (QED) is 0.942. The molecular formula is C14H12ClN3O3. The number of anilines is 1. The van der Waals surface area contributed by atoms with Gasteiger partial charge in [-0.25, -0.2) is 0 Å². The number of halogens is 1. The standard InChI is InChI=1S/C14H12ClN3O3/c15-12-5-4-11(17-18-12)13(19)16-10-3-1-2-9(8-10)14-20-6-7-21-14/h1-5,8,14H,6-7H2,(H,16,19). The highest BCUT2D eigenvalue weighted by Crippen LogP contribution is 2.25. The molecule has 0 spiro atoms. The van der Waals surface area contributed by atoms with E-state index in [1.165, 1.54) is 12.1 Å². The maximum Gasteiger partial charge on any atom is 0.276 e. The first-order valence-electron chi connectivity index (χ1n) is 6.36. The van der Waals surface area contributed by atoms with Crippen LogP contribution in [0.3, 0.4) is 0 Å². The molecule has 2 aromatic rings. The van der Waals surface area contributed by atoms with Crippen LogP contribution in [0.25, 0.3) is 0 Å². The molecule has 2 heterocycles. The summed E-state index contributed by atoms with van der Waals surface area (Å²) in [6.45, 7) is 1.14. The van der Waals surface area contributed by atoms with Gasteiger partial charge in [0.05, 0.1) is 13.2 Å². The fraction of sp³-hybridized carbons (Fsp3) is 0.214. The SMILES string of the molecule is O=C(Nc1cccc(C2OCCO2)c1)c1ccc(Cl)nn1. The molecule has 0 unspecified atom stereocenters. The van der Waals surface area contributed by atoms with Crippen LogP contribution in [-0.2, 0) is 9.47 Å². The van der Waals surface area contributed by atoms with E-state index in [4.69, 9.17) is 21.1 Å². The lowest BCUT2D eigenvalue weighted by atomic mass is 10.2. The first-order valence-corrected chi connectivity index (χ1v) is 6.74. The Kier molecular flexibility index (Phi) is 4.10. The molecule has 0 aliphatic carbocycles. The van der Waals surface area contributed by atoms with Crippen LogP contribution in [0.5, 0.6) is 0 Å². The zero-order valence-electron chi connectivity index (χ0n) is 11.0. The monoisotopic (exact) mass is 305 g/mol. The van der Waals surface area contributed by atoms with Crippen LogP contribution in [0, 0.1) is 0 Å². The lowest BCUT2D eigenvalue weighted by Gasteiger charge is -2.11. The summed E-state index contributed by atoms with van der Waals surface area (Å²) in [4.78, 5) is 12.0. The van der Waals surface area contributed by atoms with Crippen LogP contribution in [0.15, 0.2) is 36.4 Å². The number of aromatic nitrogens is 2. The van der Waals surface area contributed by atoms with Gasteiger partial charge in [0, 0.05) is 11.3 Å². The summed E-state index contributed by atoms with van der Waals surface area (Å²) in [6, 6.07) is 10.3. The van der Waals surface area contributed by atoms with Gasteiger partial charge in [0.2, 0.25) is 0 Å². The summed E-state index contributed by atoms with van der Waals surface area (Å²) in [5.41, 5.74) is 1.68. The third kappa shape index (κ3) is 3.36. The second kappa shape index (κ2) is 6.17. The van der Waals surface area contributed by atoms with Gasteiger partial charge in [-0.05, 0) is 24.3 Å². The van der Waals surface area contributed by atoms with Gasteiger partial charge in [-0.2, -0.15) is 0 Å². The second-order valence-electron chi connectivity index (χ2n) is 4.39. The molecule has 1 aliphatic heterocycles. The molecule has 1 aromatic heterocycles. The molecule has 0 radical (unpaired) electrons. The zero-order valence-corrected chi connectivity index (χ0v) is 11.7. The third-order valence-electron chi connectivity index (χ3n) is 2.90. The van der Waals surface area contributed by atoms with Crippen molar-refractivity contribution in [1.82, 2.24) is 10.2 Å². The van der Waals surface area contributed by atoms with Crippen LogP contribution in [0.1, 0.15) is 22.3 Å². The molecule has 0 saturated carbocycles. The van der Waals surface area contributed by atoms with E-state index in [1.54, 1.807) is 12.1 Å². The average molecular weight is 306 g/mol. The summed E-state index contributed by atoms with van der Waals surface area (Å²) in [5, 5.41) is 10.4. The Labute approximate surface area is 126 Å². The van der Waals surface area contributed by atoms with E-state index in [0.29, 0.717) is 18.9 Å². The first-order chi connectivity index (χ1) is 10.2. The Bertz CT molecular complexity index is 642. The van der Waals surface area contributed by atoms with E-state index in [0.717, 1.165) is 5.56 Å². The van der Waals surface area contributed by atoms with Crippen molar-refractivity contribution in [3.05, 3.63) is 52.8 Å². The number of hydrogen-bond donors (Lipinski definition) is 1. The minimum atomic E-state index is -0.378. The van der Waals surface area contributed by atoms with Gasteiger partial charge < -0.3 is 14.8 Å². The van der Waals surface area contributed by atoms with Crippen LogP contribution in [-0.4, -0.2) is 29.3 Å². The topological polar surface area (TPSA) is 73.3 Å². The van der Waals surface area contributed by atoms with Crippen LogP contribution in [0.2, 0.25) is 5.15 Å². The van der Waals surface area contributed by atoms with Crippen molar-refractivity contribution < 1.29 is 14.3 Å². The van der Waals surface area contributed by atoms with Crippen molar-refractivity contribution in [3.8, 4) is 0 Å². The molecule has 1 aromatic carbocycles. The van der Waals surface area contributed by atoms with Crippen LogP contribution in [0.4, 0.5) is 5.69 Å². The number of carbonyl (C=O) groups excluding carboxylic acids is 1. The normalized spacial score (nSPS) is 15.1. The highest BCUT2D eigenvalue weighted by atomic mass is 35.5. The molecule has 1 saturated heterocycles. The molecule has 0 bridgehead atoms. The summed E-state index contributed by atoms with van der Waals surface area (Å²) < 4.78 is 10.8. The van der Waals surface area contributed by atoms with Gasteiger partial charge in [-0.15, -0.1) is 10.2 Å². The van der Waals surface area contributed by atoms with E-state index in [9.17, 15) is 4.79 Å². The Morgan fingerprint density at radius 2 is 2.00 bits per heavy atom. The molecule has 21 heavy (non-hydrogen) atoms. The smallest absolute Gasteiger partial charge is 0.276 e. The van der Waals surface area contributed by atoms with Gasteiger partial charge in [0.25, 0.3) is 5.91 Å². The van der Waals surface area contributed by atoms with Crippen molar-refractivity contribution >= 4 is 23.2 Å². The van der Waals surface area contributed by atoms with Gasteiger partial charge in [-0.1, -0.05) is 23.7 Å². The molecule has 6 nitrogen and oxygen atoms in total. The fourth-order valence-electron chi connectivity index (χ4n) is 1.95. The Morgan fingerprint density at radius 3 is 2.71 bits per heavy atom. The second-order valence-corrected chi connectivity index (χ2v) is 4.78. The Morgan fingerprint density at radius 1 is 1.19 bits per heavy atom. The Hall–Kier alpha value is -2.02.